The highest BCUT2D eigenvalue weighted by Gasteiger charge is 2.17. The lowest BCUT2D eigenvalue weighted by Crippen LogP contribution is -2.15. The van der Waals surface area contributed by atoms with Gasteiger partial charge >= 0.3 is 0 Å². The first-order chi connectivity index (χ1) is 13.2. The normalized spacial score (nSPS) is 13.3. The van der Waals surface area contributed by atoms with Crippen LogP contribution in [0.5, 0.6) is 11.5 Å². The van der Waals surface area contributed by atoms with Crippen LogP contribution >= 0.6 is 11.8 Å². The van der Waals surface area contributed by atoms with Gasteiger partial charge in [0.25, 0.3) is 0 Å². The van der Waals surface area contributed by atoms with Crippen molar-refractivity contribution in [3.63, 3.8) is 0 Å². The Morgan fingerprint density at radius 1 is 1.19 bits per heavy atom. The molecule has 0 fully saturated rings. The molecule has 0 radical (unpaired) electrons. The number of thioether (sulfide) groups is 1. The van der Waals surface area contributed by atoms with E-state index in [-0.39, 0.29) is 5.92 Å². The van der Waals surface area contributed by atoms with Crippen molar-refractivity contribution in [1.29, 1.82) is 0 Å². The van der Waals surface area contributed by atoms with E-state index in [1.165, 1.54) is 0 Å². The Hall–Kier alpha value is -2.48. The summed E-state index contributed by atoms with van der Waals surface area (Å²) in [6, 6.07) is 6.01. The fourth-order valence-electron chi connectivity index (χ4n) is 2.90. The van der Waals surface area contributed by atoms with Crippen LogP contribution in [-0.2, 0) is 12.3 Å². The van der Waals surface area contributed by atoms with Gasteiger partial charge in [-0.25, -0.2) is 4.98 Å². The molecule has 0 aliphatic carbocycles. The van der Waals surface area contributed by atoms with Crippen LogP contribution in [0.4, 0.5) is 0 Å². The van der Waals surface area contributed by atoms with E-state index in [2.05, 4.69) is 26.6 Å². The predicted molar refractivity (Wildman–Crippen MR) is 102 cm³/mol. The molecule has 1 aliphatic heterocycles. The van der Waals surface area contributed by atoms with Gasteiger partial charge in [0, 0.05) is 18.0 Å². The van der Waals surface area contributed by atoms with Crippen LogP contribution in [0.25, 0.3) is 11.3 Å². The van der Waals surface area contributed by atoms with E-state index in [9.17, 15) is 0 Å². The van der Waals surface area contributed by atoms with E-state index >= 15 is 0 Å². The smallest absolute Gasteiger partial charge is 0.229 e. The molecule has 0 saturated heterocycles. The largest absolute Gasteiger partial charge is 0.486 e. The molecule has 27 heavy (non-hydrogen) atoms. The second-order valence-corrected chi connectivity index (χ2v) is 7.46. The van der Waals surface area contributed by atoms with Crippen LogP contribution in [0.1, 0.15) is 38.4 Å². The number of nitrogens with zero attached hydrogens (tertiary/aromatic N) is 4. The molecule has 7 nitrogen and oxygen atoms in total. The summed E-state index contributed by atoms with van der Waals surface area (Å²) in [6.07, 6.45) is 1.90. The number of hydrogen-bond acceptors (Lipinski definition) is 7. The van der Waals surface area contributed by atoms with Crippen LogP contribution in [0.15, 0.2) is 34.1 Å². The maximum Gasteiger partial charge on any atom is 0.229 e. The average molecular weight is 386 g/mol. The lowest BCUT2D eigenvalue weighted by molar-refractivity contribution is 0.171. The minimum Gasteiger partial charge on any atom is -0.486 e. The molecule has 142 valence electrons. The molecular weight excluding hydrogens is 364 g/mol. The highest BCUT2D eigenvalue weighted by Crippen LogP contribution is 2.36. The van der Waals surface area contributed by atoms with Gasteiger partial charge in [0.05, 0.1) is 17.6 Å². The van der Waals surface area contributed by atoms with Crippen molar-refractivity contribution >= 4 is 11.8 Å². The number of fused-ring (bicyclic) bond motifs is 1. The summed E-state index contributed by atoms with van der Waals surface area (Å²) in [5.41, 5.74) is 2.11. The van der Waals surface area contributed by atoms with E-state index in [1.54, 1.807) is 11.8 Å². The Morgan fingerprint density at radius 2 is 2.00 bits per heavy atom. The molecule has 1 aliphatic rings. The molecular formula is C19H22N4O3S. The Morgan fingerprint density at radius 3 is 2.74 bits per heavy atom. The minimum atomic E-state index is 0.232. The third-order valence-corrected chi connectivity index (χ3v) is 5.27. The standard InChI is InChI=1S/C19H22N4O3S/c1-4-23-14(13-5-6-15-16(9-13)25-8-7-24-15)10-20-19(23)27-11-17-21-18(12(2)3)26-22-17/h5-6,9-10,12H,4,7-8,11H2,1-3H3. The summed E-state index contributed by atoms with van der Waals surface area (Å²) in [4.78, 5) is 9.03. The topological polar surface area (TPSA) is 75.2 Å². The zero-order chi connectivity index (χ0) is 18.8. The van der Waals surface area contributed by atoms with Gasteiger partial charge in [-0.15, -0.1) is 0 Å². The summed E-state index contributed by atoms with van der Waals surface area (Å²) >= 11 is 1.60. The molecule has 3 heterocycles. The number of rotatable bonds is 6. The predicted octanol–water partition coefficient (Wildman–Crippen LogP) is 4.14. The molecule has 4 rings (SSSR count). The monoisotopic (exact) mass is 386 g/mol. The number of ether oxygens (including phenoxy) is 2. The highest BCUT2D eigenvalue weighted by molar-refractivity contribution is 7.98. The van der Waals surface area contributed by atoms with Crippen LogP contribution in [0, 0.1) is 0 Å². The summed E-state index contributed by atoms with van der Waals surface area (Å²) in [5.74, 6) is 3.78. The third kappa shape index (κ3) is 3.66. The van der Waals surface area contributed by atoms with Gasteiger partial charge in [-0.2, -0.15) is 4.98 Å². The molecule has 0 N–H and O–H groups in total. The van der Waals surface area contributed by atoms with E-state index < -0.39 is 0 Å². The Balaban J connectivity index is 1.54. The fraction of sp³-hybridized carbons (Fsp3) is 0.421. The fourth-order valence-corrected chi connectivity index (χ4v) is 3.79. The van der Waals surface area contributed by atoms with Crippen molar-refractivity contribution in [2.24, 2.45) is 0 Å². The quantitative estimate of drug-likeness (QED) is 0.589. The number of benzene rings is 1. The molecule has 2 aromatic heterocycles. The van der Waals surface area contributed by atoms with Gasteiger partial charge in [-0.1, -0.05) is 30.8 Å². The van der Waals surface area contributed by atoms with Crippen molar-refractivity contribution in [1.82, 2.24) is 19.7 Å². The molecule has 3 aromatic rings. The molecule has 0 unspecified atom stereocenters. The zero-order valence-corrected chi connectivity index (χ0v) is 16.5. The molecule has 0 saturated carbocycles. The van der Waals surface area contributed by atoms with Crippen molar-refractivity contribution in [2.75, 3.05) is 13.2 Å². The first-order valence-electron chi connectivity index (χ1n) is 9.06. The second kappa shape index (κ2) is 7.64. The zero-order valence-electron chi connectivity index (χ0n) is 15.6. The Bertz CT molecular complexity index is 935. The average Bonchev–Trinajstić information content (AvgIpc) is 3.32. The van der Waals surface area contributed by atoms with Gasteiger partial charge in [0.2, 0.25) is 5.89 Å². The van der Waals surface area contributed by atoms with Crippen LogP contribution in [0.2, 0.25) is 0 Å². The van der Waals surface area contributed by atoms with Crippen LogP contribution in [0.3, 0.4) is 0 Å². The molecule has 0 amide bonds. The van der Waals surface area contributed by atoms with Gasteiger partial charge in [-0.3, -0.25) is 0 Å². The van der Waals surface area contributed by atoms with Crippen LogP contribution in [-0.4, -0.2) is 32.9 Å². The summed E-state index contributed by atoms with van der Waals surface area (Å²) < 4.78 is 18.8. The first-order valence-corrected chi connectivity index (χ1v) is 10.0. The summed E-state index contributed by atoms with van der Waals surface area (Å²) in [7, 11) is 0. The Kier molecular flexibility index (Phi) is 5.07. The maximum absolute atomic E-state index is 5.71. The van der Waals surface area contributed by atoms with E-state index in [4.69, 9.17) is 14.0 Å². The number of hydrogen-bond donors (Lipinski definition) is 0. The molecule has 0 bridgehead atoms. The highest BCUT2D eigenvalue weighted by atomic mass is 32.2. The number of imidazole rings is 1. The summed E-state index contributed by atoms with van der Waals surface area (Å²) in [5, 5.41) is 4.98. The van der Waals surface area contributed by atoms with Crippen molar-refractivity contribution in [3.8, 4) is 22.8 Å². The second-order valence-electron chi connectivity index (χ2n) is 6.52. The van der Waals surface area contributed by atoms with E-state index in [1.807, 2.05) is 38.2 Å². The van der Waals surface area contributed by atoms with Crippen molar-refractivity contribution < 1.29 is 14.0 Å². The van der Waals surface area contributed by atoms with Gasteiger partial charge in [0.15, 0.2) is 22.5 Å². The molecule has 0 atom stereocenters. The van der Waals surface area contributed by atoms with Gasteiger partial charge in [-0.05, 0) is 25.1 Å². The maximum atomic E-state index is 5.71. The van der Waals surface area contributed by atoms with Crippen molar-refractivity contribution in [3.05, 3.63) is 36.1 Å². The molecule has 1 aromatic carbocycles. The van der Waals surface area contributed by atoms with Gasteiger partial charge < -0.3 is 18.6 Å². The summed E-state index contributed by atoms with van der Waals surface area (Å²) in [6.45, 7) is 8.16. The lowest BCUT2D eigenvalue weighted by atomic mass is 10.1. The SMILES string of the molecule is CCn1c(-c2ccc3c(c2)OCCO3)cnc1SCc1noc(C(C)C)n1. The third-order valence-electron chi connectivity index (χ3n) is 4.28. The van der Waals surface area contributed by atoms with Crippen LogP contribution < -0.4 is 9.47 Å². The minimum absolute atomic E-state index is 0.232. The van der Waals surface area contributed by atoms with E-state index in [0.29, 0.717) is 30.7 Å². The van der Waals surface area contributed by atoms with E-state index in [0.717, 1.165) is 34.5 Å². The van der Waals surface area contributed by atoms with Crippen molar-refractivity contribution in [2.45, 2.75) is 44.1 Å². The van der Waals surface area contributed by atoms with Gasteiger partial charge in [0.1, 0.15) is 13.2 Å². The molecule has 8 heteroatoms. The first kappa shape index (κ1) is 17.9. The molecule has 0 spiro atoms. The number of aromatic nitrogens is 4. The lowest BCUT2D eigenvalue weighted by Gasteiger charge is -2.19. The Labute approximate surface area is 162 Å².